The maximum Gasteiger partial charge on any atom is 0.241 e. The van der Waals surface area contributed by atoms with E-state index in [0.29, 0.717) is 0 Å². The van der Waals surface area contributed by atoms with Gasteiger partial charge in [0.25, 0.3) is 0 Å². The molecule has 2 aliphatic heterocycles. The fraction of sp³-hybridized carbons (Fsp3) is 0.867. The molecule has 2 heterocycles. The highest BCUT2D eigenvalue weighted by atomic mass is 16.2. The first-order chi connectivity index (χ1) is 8.53. The molecule has 1 amide bonds. The van der Waals surface area contributed by atoms with Crippen molar-refractivity contribution in [2.24, 2.45) is 5.92 Å². The van der Waals surface area contributed by atoms with E-state index in [2.05, 4.69) is 25.7 Å². The van der Waals surface area contributed by atoms with Gasteiger partial charge in [0.05, 0.1) is 12.6 Å². The van der Waals surface area contributed by atoms with E-state index < -0.39 is 0 Å². The van der Waals surface area contributed by atoms with Crippen LogP contribution in [0.1, 0.15) is 48.0 Å². The van der Waals surface area contributed by atoms with Crippen molar-refractivity contribution in [2.75, 3.05) is 13.1 Å². The van der Waals surface area contributed by atoms with Crippen LogP contribution in [0, 0.1) is 5.92 Å². The van der Waals surface area contributed by atoms with Crippen molar-refractivity contribution in [2.45, 2.75) is 65.1 Å². The molecule has 0 aliphatic carbocycles. The van der Waals surface area contributed by atoms with Crippen LogP contribution in [-0.4, -0.2) is 51.7 Å². The van der Waals surface area contributed by atoms with Gasteiger partial charge in [-0.15, -0.1) is 0 Å². The predicted octanol–water partition coefficient (Wildman–Crippen LogP) is 1.69. The molecule has 0 saturated carbocycles. The van der Waals surface area contributed by atoms with Crippen LogP contribution in [0.15, 0.2) is 0 Å². The monoisotopic (exact) mass is 266 g/mol. The number of ketones is 1. The zero-order valence-electron chi connectivity index (χ0n) is 13.0. The van der Waals surface area contributed by atoms with Crippen molar-refractivity contribution in [3.63, 3.8) is 0 Å². The van der Waals surface area contributed by atoms with Crippen LogP contribution in [-0.2, 0) is 9.59 Å². The summed E-state index contributed by atoms with van der Waals surface area (Å²) in [5.74, 6) is 0.265. The average molecular weight is 266 g/mol. The van der Waals surface area contributed by atoms with Gasteiger partial charge in [-0.3, -0.25) is 14.5 Å². The van der Waals surface area contributed by atoms with E-state index in [0.717, 1.165) is 13.0 Å². The van der Waals surface area contributed by atoms with Crippen LogP contribution in [0.2, 0.25) is 0 Å². The number of carbonyl (C=O) groups excluding carboxylic acids is 2. The summed E-state index contributed by atoms with van der Waals surface area (Å²) in [6, 6.07) is -0.250. The lowest BCUT2D eigenvalue weighted by atomic mass is 9.86. The highest BCUT2D eigenvalue weighted by Crippen LogP contribution is 2.37. The fourth-order valence-corrected chi connectivity index (χ4v) is 3.27. The largest absolute Gasteiger partial charge is 0.329 e. The van der Waals surface area contributed by atoms with Gasteiger partial charge in [0.15, 0.2) is 5.78 Å². The summed E-state index contributed by atoms with van der Waals surface area (Å²) >= 11 is 0. The molecule has 19 heavy (non-hydrogen) atoms. The number of hydrogen-bond donors (Lipinski definition) is 0. The van der Waals surface area contributed by atoms with Crippen molar-refractivity contribution in [1.82, 2.24) is 9.80 Å². The molecular formula is C15H26N2O2. The Labute approximate surface area is 116 Å². The Hall–Kier alpha value is -0.900. The number of likely N-dealkylation sites (tertiary alicyclic amines) is 2. The van der Waals surface area contributed by atoms with Crippen LogP contribution in [0.25, 0.3) is 0 Å². The summed E-state index contributed by atoms with van der Waals surface area (Å²) in [6.07, 6.45) is 0.824. The minimum atomic E-state index is -0.288. The second kappa shape index (κ2) is 4.30. The molecule has 4 heteroatoms. The Morgan fingerprint density at radius 2 is 1.58 bits per heavy atom. The lowest BCUT2D eigenvalue weighted by Crippen LogP contribution is -2.63. The van der Waals surface area contributed by atoms with Crippen molar-refractivity contribution >= 4 is 11.7 Å². The SMILES string of the molecule is CC(C)(C)N1CC(=O)C2CCN(C(C)(C)C)C2C1=O. The Bertz CT molecular complexity index is 403. The molecule has 0 aromatic rings. The van der Waals surface area contributed by atoms with E-state index in [1.165, 1.54) is 0 Å². The standard InChI is InChI=1S/C15H26N2O2/c1-14(2,3)16-8-7-10-11(18)9-17(15(4,5)6)13(19)12(10)16/h10,12H,7-9H2,1-6H3. The van der Waals surface area contributed by atoms with Gasteiger partial charge < -0.3 is 4.90 Å². The second-order valence-electron chi connectivity index (χ2n) is 7.77. The molecule has 0 bridgehead atoms. The van der Waals surface area contributed by atoms with Gasteiger partial charge in [-0.25, -0.2) is 0 Å². The van der Waals surface area contributed by atoms with E-state index >= 15 is 0 Å². The summed E-state index contributed by atoms with van der Waals surface area (Å²) in [5.41, 5.74) is -0.361. The first kappa shape index (κ1) is 14.5. The van der Waals surface area contributed by atoms with Gasteiger partial charge in [0.1, 0.15) is 0 Å². The number of rotatable bonds is 0. The van der Waals surface area contributed by atoms with Gasteiger partial charge in [0, 0.05) is 23.5 Å². The quantitative estimate of drug-likeness (QED) is 0.670. The average Bonchev–Trinajstić information content (AvgIpc) is 2.66. The lowest BCUT2D eigenvalue weighted by Gasteiger charge is -2.46. The van der Waals surface area contributed by atoms with E-state index in [4.69, 9.17) is 0 Å². The smallest absolute Gasteiger partial charge is 0.241 e. The first-order valence-electron chi connectivity index (χ1n) is 7.14. The molecule has 2 fully saturated rings. The minimum absolute atomic E-state index is 0.0732. The van der Waals surface area contributed by atoms with Gasteiger partial charge in [-0.05, 0) is 48.0 Å². The maximum atomic E-state index is 12.8. The van der Waals surface area contributed by atoms with Crippen LogP contribution in [0.3, 0.4) is 0 Å². The van der Waals surface area contributed by atoms with Gasteiger partial charge in [0.2, 0.25) is 5.91 Å². The van der Waals surface area contributed by atoms with Crippen molar-refractivity contribution in [3.8, 4) is 0 Å². The minimum Gasteiger partial charge on any atom is -0.329 e. The molecule has 0 aromatic heterocycles. The number of nitrogens with zero attached hydrogens (tertiary/aromatic N) is 2. The normalized spacial score (nSPS) is 29.9. The third kappa shape index (κ3) is 2.42. The lowest BCUT2D eigenvalue weighted by molar-refractivity contribution is -0.155. The zero-order valence-corrected chi connectivity index (χ0v) is 13.0. The summed E-state index contributed by atoms with van der Waals surface area (Å²) in [4.78, 5) is 29.1. The first-order valence-corrected chi connectivity index (χ1v) is 7.14. The molecule has 2 aliphatic rings. The van der Waals surface area contributed by atoms with Gasteiger partial charge >= 0.3 is 0 Å². The van der Waals surface area contributed by atoms with Crippen molar-refractivity contribution in [3.05, 3.63) is 0 Å². The Balaban J connectivity index is 2.34. The van der Waals surface area contributed by atoms with Crippen LogP contribution >= 0.6 is 0 Å². The Morgan fingerprint density at radius 1 is 1.00 bits per heavy atom. The molecule has 0 radical (unpaired) electrons. The highest BCUT2D eigenvalue weighted by Gasteiger charge is 2.52. The van der Waals surface area contributed by atoms with Crippen molar-refractivity contribution in [1.29, 1.82) is 0 Å². The van der Waals surface area contributed by atoms with Gasteiger partial charge in [-0.1, -0.05) is 0 Å². The second-order valence-corrected chi connectivity index (χ2v) is 7.77. The van der Waals surface area contributed by atoms with E-state index in [1.54, 1.807) is 4.90 Å². The topological polar surface area (TPSA) is 40.6 Å². The fourth-order valence-electron chi connectivity index (χ4n) is 3.27. The summed E-state index contributed by atoms with van der Waals surface area (Å²) < 4.78 is 0. The molecule has 2 rings (SSSR count). The molecule has 0 aromatic carbocycles. The summed E-state index contributed by atoms with van der Waals surface area (Å²) in [7, 11) is 0. The highest BCUT2D eigenvalue weighted by molar-refractivity contribution is 5.99. The molecule has 108 valence electrons. The zero-order chi connectivity index (χ0) is 14.6. The third-order valence-corrected chi connectivity index (χ3v) is 4.32. The molecular weight excluding hydrogens is 240 g/mol. The van der Waals surface area contributed by atoms with E-state index in [9.17, 15) is 9.59 Å². The Kier molecular flexibility index (Phi) is 3.28. The third-order valence-electron chi connectivity index (χ3n) is 4.32. The molecule has 2 unspecified atom stereocenters. The molecule has 4 nitrogen and oxygen atoms in total. The van der Waals surface area contributed by atoms with Crippen molar-refractivity contribution < 1.29 is 9.59 Å². The number of amides is 1. The number of fused-ring (bicyclic) bond motifs is 1. The summed E-state index contributed by atoms with van der Waals surface area (Å²) in [6.45, 7) is 13.4. The Morgan fingerprint density at radius 3 is 2.05 bits per heavy atom. The number of carbonyl (C=O) groups is 2. The molecule has 0 spiro atoms. The van der Waals surface area contributed by atoms with Gasteiger partial charge in [-0.2, -0.15) is 0 Å². The maximum absolute atomic E-state index is 12.8. The molecule has 2 saturated heterocycles. The molecule has 2 atom stereocenters. The number of piperidine rings is 1. The number of hydrogen-bond acceptors (Lipinski definition) is 3. The van der Waals surface area contributed by atoms with Crippen LogP contribution < -0.4 is 0 Å². The van der Waals surface area contributed by atoms with E-state index in [1.807, 2.05) is 20.8 Å². The van der Waals surface area contributed by atoms with Crippen LogP contribution in [0.5, 0.6) is 0 Å². The summed E-state index contributed by atoms with van der Waals surface area (Å²) in [5, 5.41) is 0. The van der Waals surface area contributed by atoms with E-state index in [-0.39, 0.29) is 41.3 Å². The predicted molar refractivity (Wildman–Crippen MR) is 74.8 cm³/mol. The van der Waals surface area contributed by atoms with Crippen LogP contribution in [0.4, 0.5) is 0 Å². The molecule has 0 N–H and O–H groups in total. The number of Topliss-reactive ketones (excluding diaryl/α,β-unsaturated/α-hetero) is 1.